The first-order chi connectivity index (χ1) is 10.6. The van der Waals surface area contributed by atoms with Gasteiger partial charge >= 0.3 is 0 Å². The maximum Gasteiger partial charge on any atom is 0.147 e. The lowest BCUT2D eigenvalue weighted by Gasteiger charge is -2.20. The van der Waals surface area contributed by atoms with E-state index in [4.69, 9.17) is 22.1 Å². The van der Waals surface area contributed by atoms with Gasteiger partial charge in [-0.2, -0.15) is 0 Å². The van der Waals surface area contributed by atoms with Gasteiger partial charge in [0.1, 0.15) is 12.0 Å². The molecule has 2 rings (SSSR count). The van der Waals surface area contributed by atoms with Crippen LogP contribution in [0.25, 0.3) is 0 Å². The number of aldehydes is 1. The molecule has 22 heavy (non-hydrogen) atoms. The SMILES string of the molecule is CN=C(Cc1ccc(OC)cc1)C1=C(N)CCC(C=O)=C1Cl. The molecule has 0 amide bonds. The lowest BCUT2D eigenvalue weighted by molar-refractivity contribution is -0.105. The smallest absolute Gasteiger partial charge is 0.147 e. The first-order valence-corrected chi connectivity index (χ1v) is 7.40. The number of methoxy groups -OCH3 is 1. The molecule has 0 atom stereocenters. The molecule has 1 aliphatic carbocycles. The molecule has 4 nitrogen and oxygen atoms in total. The van der Waals surface area contributed by atoms with Crippen molar-refractivity contribution in [3.8, 4) is 5.75 Å². The average Bonchev–Trinajstić information content (AvgIpc) is 2.54. The summed E-state index contributed by atoms with van der Waals surface area (Å²) in [5.41, 5.74) is 9.94. The molecule has 0 spiro atoms. The first kappa shape index (κ1) is 16.3. The average molecular weight is 319 g/mol. The molecule has 1 aromatic rings. The molecule has 5 heteroatoms. The number of nitrogens with two attached hydrogens (primary N) is 1. The molecular formula is C17H19ClN2O2. The highest BCUT2D eigenvalue weighted by Crippen LogP contribution is 2.32. The Hall–Kier alpha value is -2.07. The van der Waals surface area contributed by atoms with E-state index in [1.165, 1.54) is 0 Å². The Kier molecular flexibility index (Phi) is 5.39. The van der Waals surface area contributed by atoms with Crippen molar-refractivity contribution in [3.05, 3.63) is 51.7 Å². The molecule has 0 aromatic heterocycles. The summed E-state index contributed by atoms with van der Waals surface area (Å²) in [5.74, 6) is 0.802. The number of hydrogen-bond donors (Lipinski definition) is 1. The van der Waals surface area contributed by atoms with Crippen LogP contribution in [0.3, 0.4) is 0 Å². The number of hydrogen-bond acceptors (Lipinski definition) is 4. The Morgan fingerprint density at radius 1 is 1.36 bits per heavy atom. The summed E-state index contributed by atoms with van der Waals surface area (Å²) in [6, 6.07) is 7.74. The maximum atomic E-state index is 11.1. The fourth-order valence-electron chi connectivity index (χ4n) is 2.44. The number of benzene rings is 1. The van der Waals surface area contributed by atoms with Crippen LogP contribution in [0.4, 0.5) is 0 Å². The van der Waals surface area contributed by atoms with Gasteiger partial charge in [-0.05, 0) is 30.5 Å². The minimum atomic E-state index is 0.424. The highest BCUT2D eigenvalue weighted by atomic mass is 35.5. The molecule has 0 aliphatic heterocycles. The third kappa shape index (κ3) is 3.39. The van der Waals surface area contributed by atoms with Crippen LogP contribution in [0, 0.1) is 0 Å². The van der Waals surface area contributed by atoms with Crippen molar-refractivity contribution in [1.29, 1.82) is 0 Å². The van der Waals surface area contributed by atoms with E-state index in [1.54, 1.807) is 14.2 Å². The van der Waals surface area contributed by atoms with Gasteiger partial charge in [-0.15, -0.1) is 0 Å². The van der Waals surface area contributed by atoms with Crippen LogP contribution in [0.15, 0.2) is 51.1 Å². The maximum absolute atomic E-state index is 11.1. The molecule has 0 saturated heterocycles. The van der Waals surface area contributed by atoms with Crippen LogP contribution in [0.5, 0.6) is 5.75 Å². The van der Waals surface area contributed by atoms with Crippen molar-refractivity contribution in [2.24, 2.45) is 10.7 Å². The molecule has 116 valence electrons. The summed E-state index contributed by atoms with van der Waals surface area (Å²) >= 11 is 6.34. The summed E-state index contributed by atoms with van der Waals surface area (Å²) in [6.07, 6.45) is 2.60. The van der Waals surface area contributed by atoms with Gasteiger partial charge in [0, 0.05) is 36.0 Å². The number of carbonyl (C=O) groups excluding carboxylic acids is 1. The normalized spacial score (nSPS) is 16.0. The lowest BCUT2D eigenvalue weighted by atomic mass is 9.91. The van der Waals surface area contributed by atoms with E-state index >= 15 is 0 Å². The molecule has 0 saturated carbocycles. The zero-order valence-corrected chi connectivity index (χ0v) is 13.5. The van der Waals surface area contributed by atoms with Crippen LogP contribution in [0.1, 0.15) is 18.4 Å². The number of carbonyl (C=O) groups is 1. The van der Waals surface area contributed by atoms with E-state index in [1.807, 2.05) is 24.3 Å². The zero-order chi connectivity index (χ0) is 16.1. The summed E-state index contributed by atoms with van der Waals surface area (Å²) < 4.78 is 5.15. The summed E-state index contributed by atoms with van der Waals surface area (Å²) in [7, 11) is 3.34. The Morgan fingerprint density at radius 2 is 2.05 bits per heavy atom. The third-order valence-electron chi connectivity index (χ3n) is 3.72. The van der Waals surface area contributed by atoms with E-state index in [0.29, 0.717) is 41.1 Å². The van der Waals surface area contributed by atoms with E-state index < -0.39 is 0 Å². The Balaban J connectivity index is 2.31. The van der Waals surface area contributed by atoms with Crippen molar-refractivity contribution in [2.75, 3.05) is 14.2 Å². The highest BCUT2D eigenvalue weighted by molar-refractivity contribution is 6.37. The molecule has 0 bridgehead atoms. The summed E-state index contributed by atoms with van der Waals surface area (Å²) in [6.45, 7) is 0. The van der Waals surface area contributed by atoms with Gasteiger partial charge in [0.15, 0.2) is 0 Å². The van der Waals surface area contributed by atoms with Crippen LogP contribution >= 0.6 is 11.6 Å². The lowest BCUT2D eigenvalue weighted by Crippen LogP contribution is -2.18. The fraction of sp³-hybridized carbons (Fsp3) is 0.294. The van der Waals surface area contributed by atoms with E-state index in [0.717, 1.165) is 23.3 Å². The topological polar surface area (TPSA) is 64.7 Å². The molecule has 1 aliphatic rings. The number of ether oxygens (including phenoxy) is 1. The fourth-order valence-corrected chi connectivity index (χ4v) is 2.81. The van der Waals surface area contributed by atoms with E-state index in [9.17, 15) is 4.79 Å². The van der Waals surface area contributed by atoms with E-state index in [-0.39, 0.29) is 0 Å². The van der Waals surface area contributed by atoms with Crippen LogP contribution in [-0.4, -0.2) is 26.2 Å². The van der Waals surface area contributed by atoms with Gasteiger partial charge in [-0.25, -0.2) is 0 Å². The second-order valence-corrected chi connectivity index (χ2v) is 5.43. The predicted octanol–water partition coefficient (Wildman–Crippen LogP) is 3.01. The first-order valence-electron chi connectivity index (χ1n) is 7.02. The van der Waals surface area contributed by atoms with Gasteiger partial charge < -0.3 is 10.5 Å². The zero-order valence-electron chi connectivity index (χ0n) is 12.7. The van der Waals surface area contributed by atoms with Crippen LogP contribution < -0.4 is 10.5 Å². The van der Waals surface area contributed by atoms with Crippen LogP contribution in [0.2, 0.25) is 0 Å². The standard InChI is InChI=1S/C17H19ClN2O2/c1-20-15(9-11-3-6-13(22-2)7-4-11)16-14(19)8-5-12(10-21)17(16)18/h3-4,6-7,10H,5,8-9,19H2,1-2H3. The molecule has 0 fully saturated rings. The molecule has 1 aromatic carbocycles. The second-order valence-electron chi connectivity index (χ2n) is 5.05. The minimum Gasteiger partial charge on any atom is -0.497 e. The molecule has 0 radical (unpaired) electrons. The summed E-state index contributed by atoms with van der Waals surface area (Å²) in [4.78, 5) is 15.4. The Labute approximate surface area is 135 Å². The van der Waals surface area contributed by atoms with Crippen molar-refractivity contribution in [3.63, 3.8) is 0 Å². The molecule has 0 unspecified atom stereocenters. The van der Waals surface area contributed by atoms with Crippen molar-refractivity contribution < 1.29 is 9.53 Å². The second kappa shape index (κ2) is 7.27. The summed E-state index contributed by atoms with van der Waals surface area (Å²) in [5, 5.41) is 0.424. The number of halogens is 1. The quantitative estimate of drug-likeness (QED) is 0.670. The molecule has 0 heterocycles. The number of rotatable bonds is 5. The van der Waals surface area contributed by atoms with Crippen molar-refractivity contribution >= 4 is 23.6 Å². The Bertz CT molecular complexity index is 658. The van der Waals surface area contributed by atoms with Gasteiger partial charge in [0.05, 0.1) is 12.1 Å². The van der Waals surface area contributed by atoms with Gasteiger partial charge in [0.2, 0.25) is 0 Å². The molecular weight excluding hydrogens is 300 g/mol. The van der Waals surface area contributed by atoms with Gasteiger partial charge in [-0.3, -0.25) is 9.79 Å². The predicted molar refractivity (Wildman–Crippen MR) is 89.4 cm³/mol. The van der Waals surface area contributed by atoms with Crippen LogP contribution in [-0.2, 0) is 11.2 Å². The van der Waals surface area contributed by atoms with Crippen molar-refractivity contribution in [1.82, 2.24) is 0 Å². The monoisotopic (exact) mass is 318 g/mol. The van der Waals surface area contributed by atoms with Gasteiger partial charge in [0.25, 0.3) is 0 Å². The molecule has 2 N–H and O–H groups in total. The van der Waals surface area contributed by atoms with Gasteiger partial charge in [-0.1, -0.05) is 23.7 Å². The largest absolute Gasteiger partial charge is 0.497 e. The number of nitrogens with zero attached hydrogens (tertiary/aromatic N) is 1. The third-order valence-corrected chi connectivity index (χ3v) is 4.15. The minimum absolute atomic E-state index is 0.424. The highest BCUT2D eigenvalue weighted by Gasteiger charge is 2.22. The van der Waals surface area contributed by atoms with E-state index in [2.05, 4.69) is 4.99 Å². The Morgan fingerprint density at radius 3 is 2.59 bits per heavy atom. The number of allylic oxidation sites excluding steroid dienone is 4. The van der Waals surface area contributed by atoms with Crippen molar-refractivity contribution in [2.45, 2.75) is 19.3 Å². The number of aliphatic imine (C=N–C) groups is 1.